The fourth-order valence-electron chi connectivity index (χ4n) is 2.92. The Morgan fingerprint density at radius 2 is 2.18 bits per heavy atom. The molecule has 1 amide bonds. The first-order valence-corrected chi connectivity index (χ1v) is 9.52. The summed E-state index contributed by atoms with van der Waals surface area (Å²) in [5, 5.41) is 4.23. The molecule has 0 fully saturated rings. The largest absolute Gasteiger partial charge is 0.414 e. The average molecular weight is 396 g/mol. The number of allylic oxidation sites excluding steroid dienone is 1. The summed E-state index contributed by atoms with van der Waals surface area (Å²) in [6.45, 7) is 4.16. The van der Waals surface area contributed by atoms with Crippen LogP contribution in [-0.4, -0.2) is 22.2 Å². The fourth-order valence-corrected chi connectivity index (χ4v) is 3.09. The van der Waals surface area contributed by atoms with E-state index in [1.54, 1.807) is 17.0 Å². The van der Waals surface area contributed by atoms with Gasteiger partial charge in [0, 0.05) is 24.0 Å². The van der Waals surface area contributed by atoms with E-state index < -0.39 is 0 Å². The second-order valence-corrected chi connectivity index (χ2v) is 6.72. The maximum Gasteiger partial charge on any atom is 0.228 e. The lowest BCUT2D eigenvalue weighted by Gasteiger charge is -2.07. The van der Waals surface area contributed by atoms with Crippen LogP contribution in [0, 0.1) is 0 Å². The molecule has 5 nitrogen and oxygen atoms in total. The molecule has 0 saturated heterocycles. The van der Waals surface area contributed by atoms with Gasteiger partial charge in [-0.15, -0.1) is 5.73 Å². The molecule has 6 heteroatoms. The average Bonchev–Trinajstić information content (AvgIpc) is 3.04. The Bertz CT molecular complexity index is 1010. The highest BCUT2D eigenvalue weighted by molar-refractivity contribution is 6.33. The minimum atomic E-state index is -0.146. The van der Waals surface area contributed by atoms with E-state index in [4.69, 9.17) is 16.4 Å². The van der Waals surface area contributed by atoms with Gasteiger partial charge in [0.25, 0.3) is 0 Å². The summed E-state index contributed by atoms with van der Waals surface area (Å²) >= 11 is 6.06. The summed E-state index contributed by atoms with van der Waals surface area (Å²) in [7, 11) is 0. The van der Waals surface area contributed by atoms with Crippen molar-refractivity contribution in [3.8, 4) is 0 Å². The van der Waals surface area contributed by atoms with E-state index in [1.165, 1.54) is 6.20 Å². The van der Waals surface area contributed by atoms with Crippen molar-refractivity contribution in [2.45, 2.75) is 25.7 Å². The molecule has 28 heavy (non-hydrogen) atoms. The number of hydrogen-bond donors (Lipinski definition) is 1. The standard InChI is InChI=1S/C22H22ClN3O2/c1-2-3-4-5-8-13-28-26-16-17(18-9-6-7-10-21(18)26)14-22(27)25-20-11-12-24-15-19(20)23/h3,6-7,9-12,15-16H,1,4-5,8,13-14H2,(H,24,25,27). The zero-order valence-corrected chi connectivity index (χ0v) is 16.3. The zero-order valence-electron chi connectivity index (χ0n) is 15.5. The first-order valence-electron chi connectivity index (χ1n) is 9.15. The van der Waals surface area contributed by atoms with Gasteiger partial charge in [0.1, 0.15) is 6.61 Å². The monoisotopic (exact) mass is 395 g/mol. The van der Waals surface area contributed by atoms with Crippen LogP contribution in [0.25, 0.3) is 10.9 Å². The van der Waals surface area contributed by atoms with Gasteiger partial charge in [-0.1, -0.05) is 36.4 Å². The van der Waals surface area contributed by atoms with Gasteiger partial charge in [-0.3, -0.25) is 9.78 Å². The number of rotatable bonds is 9. The quantitative estimate of drug-likeness (QED) is 0.417. The molecule has 2 heterocycles. The maximum absolute atomic E-state index is 12.5. The predicted molar refractivity (Wildman–Crippen MR) is 113 cm³/mol. The number of amides is 1. The molecule has 2 aromatic heterocycles. The molecule has 1 N–H and O–H groups in total. The molecule has 3 aromatic rings. The number of carbonyl (C=O) groups excluding carboxylic acids is 1. The van der Waals surface area contributed by atoms with Crippen LogP contribution in [0.15, 0.2) is 67.3 Å². The number of aromatic nitrogens is 2. The van der Waals surface area contributed by atoms with Gasteiger partial charge in [-0.25, -0.2) is 0 Å². The summed E-state index contributed by atoms with van der Waals surface area (Å²) in [6.07, 6.45) is 10.0. The Labute approximate surface area is 169 Å². The van der Waals surface area contributed by atoms with Crippen LogP contribution in [0.3, 0.4) is 0 Å². The van der Waals surface area contributed by atoms with E-state index in [9.17, 15) is 4.79 Å². The van der Waals surface area contributed by atoms with Crippen molar-refractivity contribution in [3.63, 3.8) is 0 Å². The normalized spacial score (nSPS) is 10.5. The minimum absolute atomic E-state index is 0.146. The van der Waals surface area contributed by atoms with E-state index >= 15 is 0 Å². The summed E-state index contributed by atoms with van der Waals surface area (Å²) in [5.41, 5.74) is 5.16. The van der Waals surface area contributed by atoms with Crippen molar-refractivity contribution >= 4 is 34.1 Å². The highest BCUT2D eigenvalue weighted by Gasteiger charge is 2.13. The third-order valence-electron chi connectivity index (χ3n) is 4.28. The molecule has 0 aliphatic rings. The lowest BCUT2D eigenvalue weighted by atomic mass is 10.1. The smallest absolute Gasteiger partial charge is 0.228 e. The summed E-state index contributed by atoms with van der Waals surface area (Å²) < 4.78 is 1.75. The Kier molecular flexibility index (Phi) is 6.90. The molecular formula is C22H22ClN3O2. The fraction of sp³-hybridized carbons (Fsp3) is 0.227. The molecule has 0 saturated carbocycles. The summed E-state index contributed by atoms with van der Waals surface area (Å²) in [6, 6.07) is 9.56. The molecule has 0 atom stereocenters. The molecule has 0 bridgehead atoms. The zero-order chi connectivity index (χ0) is 19.8. The molecular weight excluding hydrogens is 374 g/mol. The van der Waals surface area contributed by atoms with Crippen LogP contribution < -0.4 is 10.2 Å². The van der Waals surface area contributed by atoms with Gasteiger partial charge in [0.05, 0.1) is 22.6 Å². The van der Waals surface area contributed by atoms with Crippen molar-refractivity contribution in [1.29, 1.82) is 0 Å². The van der Waals surface area contributed by atoms with Gasteiger partial charge >= 0.3 is 0 Å². The van der Waals surface area contributed by atoms with E-state index in [1.807, 2.05) is 36.5 Å². The van der Waals surface area contributed by atoms with Gasteiger partial charge in [0.15, 0.2) is 0 Å². The third-order valence-corrected chi connectivity index (χ3v) is 4.58. The van der Waals surface area contributed by atoms with Crippen LogP contribution in [0.1, 0.15) is 24.8 Å². The number of unbranched alkanes of at least 4 members (excludes halogenated alkanes) is 2. The number of nitrogens with zero attached hydrogens (tertiary/aromatic N) is 2. The summed E-state index contributed by atoms with van der Waals surface area (Å²) in [5.74, 6) is -0.146. The van der Waals surface area contributed by atoms with Crippen LogP contribution in [-0.2, 0) is 11.2 Å². The Balaban J connectivity index is 1.68. The number of halogens is 1. The SMILES string of the molecule is C=C=CCCCCOn1cc(CC(=O)Nc2ccncc2Cl)c2ccccc21. The summed E-state index contributed by atoms with van der Waals surface area (Å²) in [4.78, 5) is 22.3. The lowest BCUT2D eigenvalue weighted by molar-refractivity contribution is -0.115. The second kappa shape index (κ2) is 9.79. The number of carbonyl (C=O) groups is 1. The van der Waals surface area contributed by atoms with E-state index in [-0.39, 0.29) is 12.3 Å². The minimum Gasteiger partial charge on any atom is -0.414 e. The topological polar surface area (TPSA) is 56.1 Å². The van der Waals surface area contributed by atoms with Crippen molar-refractivity contribution < 1.29 is 9.63 Å². The predicted octanol–water partition coefficient (Wildman–Crippen LogP) is 4.81. The van der Waals surface area contributed by atoms with Crippen molar-refractivity contribution in [2.75, 3.05) is 11.9 Å². The van der Waals surface area contributed by atoms with Crippen molar-refractivity contribution in [3.05, 3.63) is 77.9 Å². The lowest BCUT2D eigenvalue weighted by Crippen LogP contribution is -2.15. The number of anilines is 1. The molecule has 0 radical (unpaired) electrons. The molecule has 1 aromatic carbocycles. The van der Waals surface area contributed by atoms with Crippen molar-refractivity contribution in [1.82, 2.24) is 9.71 Å². The van der Waals surface area contributed by atoms with E-state index in [0.717, 1.165) is 35.7 Å². The first-order chi connectivity index (χ1) is 13.7. The number of nitrogens with one attached hydrogen (secondary N) is 1. The number of benzene rings is 1. The Hall–Kier alpha value is -3.01. The molecule has 0 unspecified atom stereocenters. The highest BCUT2D eigenvalue weighted by Crippen LogP contribution is 2.23. The van der Waals surface area contributed by atoms with Gasteiger partial charge in [-0.2, -0.15) is 4.73 Å². The first kappa shape index (κ1) is 19.7. The number of pyridine rings is 1. The van der Waals surface area contributed by atoms with Crippen LogP contribution in [0.4, 0.5) is 5.69 Å². The molecule has 144 valence electrons. The Morgan fingerprint density at radius 3 is 3.00 bits per heavy atom. The highest BCUT2D eigenvalue weighted by atomic mass is 35.5. The van der Waals surface area contributed by atoms with Gasteiger partial charge in [-0.05, 0) is 43.0 Å². The van der Waals surface area contributed by atoms with Crippen LogP contribution >= 0.6 is 11.6 Å². The molecule has 3 rings (SSSR count). The third kappa shape index (κ3) is 5.03. The maximum atomic E-state index is 12.5. The Morgan fingerprint density at radius 1 is 1.32 bits per heavy atom. The van der Waals surface area contributed by atoms with Crippen molar-refractivity contribution in [2.24, 2.45) is 0 Å². The van der Waals surface area contributed by atoms with Crippen LogP contribution in [0.5, 0.6) is 0 Å². The number of fused-ring (bicyclic) bond motifs is 1. The van der Waals surface area contributed by atoms with Gasteiger partial charge < -0.3 is 10.2 Å². The van der Waals surface area contributed by atoms with E-state index in [2.05, 4.69) is 22.6 Å². The molecule has 0 aliphatic carbocycles. The van der Waals surface area contributed by atoms with Gasteiger partial charge in [0.2, 0.25) is 5.91 Å². The molecule has 0 spiro atoms. The van der Waals surface area contributed by atoms with E-state index in [0.29, 0.717) is 17.3 Å². The number of para-hydroxylation sites is 1. The second-order valence-electron chi connectivity index (χ2n) is 6.32. The molecule has 0 aliphatic heterocycles. The van der Waals surface area contributed by atoms with Crippen LogP contribution in [0.2, 0.25) is 5.02 Å². The number of hydrogen-bond acceptors (Lipinski definition) is 3.